The molecule has 0 bridgehead atoms. The molecule has 0 radical (unpaired) electrons. The number of aromatic nitrogens is 1. The quantitative estimate of drug-likeness (QED) is 0.554. The van der Waals surface area contributed by atoms with Crippen LogP contribution in [0.25, 0.3) is 0 Å². The van der Waals surface area contributed by atoms with Crippen molar-refractivity contribution in [2.45, 2.75) is 25.0 Å². The van der Waals surface area contributed by atoms with Crippen molar-refractivity contribution in [1.82, 2.24) is 4.57 Å². The number of benzene rings is 2. The van der Waals surface area contributed by atoms with Gasteiger partial charge in [-0.05, 0) is 60.2 Å². The van der Waals surface area contributed by atoms with E-state index in [9.17, 15) is 9.18 Å². The van der Waals surface area contributed by atoms with Crippen LogP contribution in [0.1, 0.15) is 36.1 Å². The minimum atomic E-state index is -0.420. The third kappa shape index (κ3) is 4.57. The molecule has 4 rings (SSSR count). The van der Waals surface area contributed by atoms with Crippen LogP contribution < -0.4 is 10.3 Å². The maximum Gasteiger partial charge on any atom is 0.251 e. The minimum absolute atomic E-state index is 0.129. The molecule has 0 spiro atoms. The molecule has 1 aliphatic carbocycles. The second kappa shape index (κ2) is 8.62. The summed E-state index contributed by atoms with van der Waals surface area (Å²) in [6, 6.07) is 18.6. The van der Waals surface area contributed by atoms with E-state index in [0.29, 0.717) is 12.5 Å². The Balaban J connectivity index is 1.80. The maximum atomic E-state index is 13.6. The van der Waals surface area contributed by atoms with Crippen molar-refractivity contribution >= 4 is 0 Å². The van der Waals surface area contributed by atoms with E-state index in [0.717, 1.165) is 16.9 Å². The minimum Gasteiger partial charge on any atom is -0.497 e. The topological polar surface area (TPSA) is 40.5 Å². The van der Waals surface area contributed by atoms with Crippen LogP contribution in [-0.4, -0.2) is 18.3 Å². The number of hydrogen-bond donors (Lipinski definition) is 0. The average Bonchev–Trinajstić information content (AvgIpc) is 3.58. The molecule has 1 heterocycles. The van der Waals surface area contributed by atoms with E-state index >= 15 is 0 Å². The Morgan fingerprint density at radius 3 is 2.31 bits per heavy atom. The molecule has 0 N–H and O–H groups in total. The Morgan fingerprint density at radius 1 is 1.00 bits per heavy atom. The molecule has 150 valence electrons. The zero-order chi connectivity index (χ0) is 20.2. The highest BCUT2D eigenvalue weighted by Crippen LogP contribution is 2.38. The van der Waals surface area contributed by atoms with Gasteiger partial charge in [-0.1, -0.05) is 30.3 Å². The molecule has 1 aliphatic rings. The number of halogens is 1. The fourth-order valence-electron chi connectivity index (χ4n) is 3.50. The number of hydrogen-bond acceptors (Lipinski definition) is 3. The normalized spacial score (nSPS) is 15.7. The molecule has 2 aromatic carbocycles. The molecule has 1 fully saturated rings. The first-order valence-corrected chi connectivity index (χ1v) is 9.84. The molecule has 29 heavy (non-hydrogen) atoms. The molecule has 1 aromatic heterocycles. The summed E-state index contributed by atoms with van der Waals surface area (Å²) >= 11 is 0. The molecule has 0 amide bonds. The van der Waals surface area contributed by atoms with Gasteiger partial charge in [-0.3, -0.25) is 4.79 Å². The standard InChI is InChI=1S/C24H24FNO3/c1-28-21-13-9-19(10-14-21)24(29-16-17-5-6-17)23(18-7-11-20(25)12-8-18)26-15-3-2-4-22(26)27/h2-4,7-15,17,23-24H,5-6,16H2,1H3/t23-,24-/m0/s1. The molecule has 3 aromatic rings. The van der Waals surface area contributed by atoms with Gasteiger partial charge in [-0.15, -0.1) is 0 Å². The maximum absolute atomic E-state index is 13.6. The first-order chi connectivity index (χ1) is 14.2. The molecule has 0 aliphatic heterocycles. The highest BCUT2D eigenvalue weighted by atomic mass is 19.1. The van der Waals surface area contributed by atoms with Crippen LogP contribution in [0, 0.1) is 11.7 Å². The molecule has 1 saturated carbocycles. The van der Waals surface area contributed by atoms with Gasteiger partial charge in [0.2, 0.25) is 0 Å². The molecule has 0 unspecified atom stereocenters. The molecule has 2 atom stereocenters. The van der Waals surface area contributed by atoms with E-state index in [1.165, 1.54) is 31.0 Å². The lowest BCUT2D eigenvalue weighted by atomic mass is 9.94. The van der Waals surface area contributed by atoms with Crippen molar-refractivity contribution in [3.05, 3.63) is 100 Å². The van der Waals surface area contributed by atoms with Crippen LogP contribution in [0.4, 0.5) is 4.39 Å². The highest BCUT2D eigenvalue weighted by molar-refractivity contribution is 5.32. The van der Waals surface area contributed by atoms with Crippen LogP contribution in [-0.2, 0) is 4.74 Å². The fraction of sp³-hybridized carbons (Fsp3) is 0.292. The summed E-state index contributed by atoms with van der Waals surface area (Å²) in [5.74, 6) is 1.01. The molecular formula is C24H24FNO3. The van der Waals surface area contributed by atoms with Crippen LogP contribution in [0.3, 0.4) is 0 Å². The van der Waals surface area contributed by atoms with Crippen molar-refractivity contribution in [3.63, 3.8) is 0 Å². The Labute approximate surface area is 169 Å². The Kier molecular flexibility index (Phi) is 5.76. The van der Waals surface area contributed by atoms with Gasteiger partial charge in [0.1, 0.15) is 17.7 Å². The predicted octanol–water partition coefficient (Wildman–Crippen LogP) is 4.75. The van der Waals surface area contributed by atoms with E-state index in [4.69, 9.17) is 9.47 Å². The summed E-state index contributed by atoms with van der Waals surface area (Å²) < 4.78 is 26.9. The van der Waals surface area contributed by atoms with Crippen molar-refractivity contribution in [1.29, 1.82) is 0 Å². The van der Waals surface area contributed by atoms with Crippen LogP contribution >= 0.6 is 0 Å². The number of ether oxygens (including phenoxy) is 2. The van der Waals surface area contributed by atoms with Gasteiger partial charge < -0.3 is 14.0 Å². The van der Waals surface area contributed by atoms with Crippen molar-refractivity contribution in [3.8, 4) is 5.75 Å². The van der Waals surface area contributed by atoms with Gasteiger partial charge in [-0.25, -0.2) is 4.39 Å². The number of rotatable bonds is 8. The van der Waals surface area contributed by atoms with Crippen LogP contribution in [0.5, 0.6) is 5.75 Å². The van der Waals surface area contributed by atoms with E-state index in [-0.39, 0.29) is 11.4 Å². The van der Waals surface area contributed by atoms with Gasteiger partial charge in [0.25, 0.3) is 5.56 Å². The highest BCUT2D eigenvalue weighted by Gasteiger charge is 2.31. The van der Waals surface area contributed by atoms with E-state index in [1.54, 1.807) is 36.1 Å². The summed E-state index contributed by atoms with van der Waals surface area (Å²) in [5.41, 5.74) is 1.63. The lowest BCUT2D eigenvalue weighted by Crippen LogP contribution is -2.30. The predicted molar refractivity (Wildman–Crippen MR) is 110 cm³/mol. The summed E-state index contributed by atoms with van der Waals surface area (Å²) in [6.07, 6.45) is 3.70. The van der Waals surface area contributed by atoms with Crippen molar-refractivity contribution in [2.24, 2.45) is 5.92 Å². The third-order valence-corrected chi connectivity index (χ3v) is 5.30. The smallest absolute Gasteiger partial charge is 0.251 e. The zero-order valence-electron chi connectivity index (χ0n) is 16.3. The van der Waals surface area contributed by atoms with Crippen LogP contribution in [0.15, 0.2) is 77.7 Å². The largest absolute Gasteiger partial charge is 0.497 e. The summed E-state index contributed by atoms with van der Waals surface area (Å²) in [5, 5.41) is 0. The van der Waals surface area contributed by atoms with Crippen LogP contribution in [0.2, 0.25) is 0 Å². The second-order valence-corrected chi connectivity index (χ2v) is 7.41. The van der Waals surface area contributed by atoms with Gasteiger partial charge in [0.15, 0.2) is 0 Å². The van der Waals surface area contributed by atoms with Gasteiger partial charge in [0, 0.05) is 12.3 Å². The summed E-state index contributed by atoms with van der Waals surface area (Å²) in [4.78, 5) is 12.7. The zero-order valence-corrected chi connectivity index (χ0v) is 16.3. The second-order valence-electron chi connectivity index (χ2n) is 7.41. The fourth-order valence-corrected chi connectivity index (χ4v) is 3.50. The first-order valence-electron chi connectivity index (χ1n) is 9.84. The Morgan fingerprint density at radius 2 is 1.69 bits per heavy atom. The molecular weight excluding hydrogens is 369 g/mol. The van der Waals surface area contributed by atoms with Gasteiger partial charge in [-0.2, -0.15) is 0 Å². The SMILES string of the molecule is COc1ccc([C@H](OCC2CC2)[C@H](c2ccc(F)cc2)n2ccccc2=O)cc1. The molecule has 0 saturated heterocycles. The van der Waals surface area contributed by atoms with Gasteiger partial charge in [0.05, 0.1) is 19.8 Å². The lowest BCUT2D eigenvalue weighted by molar-refractivity contribution is 0.0182. The number of nitrogens with zero attached hydrogens (tertiary/aromatic N) is 1. The Bertz CT molecular complexity index is 994. The molecule has 5 heteroatoms. The lowest BCUT2D eigenvalue weighted by Gasteiger charge is -2.30. The summed E-state index contributed by atoms with van der Waals surface area (Å²) in [7, 11) is 1.63. The first kappa shape index (κ1) is 19.4. The Hall–Kier alpha value is -2.92. The van der Waals surface area contributed by atoms with Crippen molar-refractivity contribution in [2.75, 3.05) is 13.7 Å². The van der Waals surface area contributed by atoms with E-state index in [2.05, 4.69) is 0 Å². The summed E-state index contributed by atoms with van der Waals surface area (Å²) in [6.45, 7) is 0.635. The average molecular weight is 393 g/mol. The number of pyridine rings is 1. The van der Waals surface area contributed by atoms with Gasteiger partial charge >= 0.3 is 0 Å². The van der Waals surface area contributed by atoms with E-state index < -0.39 is 12.1 Å². The monoisotopic (exact) mass is 393 g/mol. The molecule has 4 nitrogen and oxygen atoms in total. The third-order valence-electron chi connectivity index (χ3n) is 5.30. The van der Waals surface area contributed by atoms with Crippen molar-refractivity contribution < 1.29 is 13.9 Å². The van der Waals surface area contributed by atoms with E-state index in [1.807, 2.05) is 30.3 Å². The number of methoxy groups -OCH3 is 1.